The third kappa shape index (κ3) is 3.63. The number of tetrazole rings is 1. The van der Waals surface area contributed by atoms with Crippen LogP contribution >= 0.6 is 0 Å². The van der Waals surface area contributed by atoms with Crippen LogP contribution in [0, 0.1) is 13.8 Å². The third-order valence-corrected chi connectivity index (χ3v) is 3.39. The number of aromatic nitrogens is 4. The first-order chi connectivity index (χ1) is 9.60. The predicted molar refractivity (Wildman–Crippen MR) is 79.5 cm³/mol. The van der Waals surface area contributed by atoms with Crippen molar-refractivity contribution < 1.29 is 0 Å². The zero-order valence-corrected chi connectivity index (χ0v) is 12.7. The molecule has 1 heterocycles. The van der Waals surface area contributed by atoms with Crippen LogP contribution in [0.25, 0.3) is 0 Å². The Morgan fingerprint density at radius 2 is 2.10 bits per heavy atom. The van der Waals surface area contributed by atoms with Crippen molar-refractivity contribution >= 4 is 0 Å². The van der Waals surface area contributed by atoms with Crippen molar-refractivity contribution in [3.8, 4) is 0 Å². The zero-order valence-electron chi connectivity index (χ0n) is 12.7. The van der Waals surface area contributed by atoms with Crippen molar-refractivity contribution in [2.75, 3.05) is 6.54 Å². The molecule has 2 rings (SSSR count). The van der Waals surface area contributed by atoms with Crippen LogP contribution in [-0.2, 0) is 13.5 Å². The van der Waals surface area contributed by atoms with E-state index in [2.05, 4.69) is 59.7 Å². The minimum Gasteiger partial charge on any atom is -0.310 e. The molecule has 0 saturated carbocycles. The van der Waals surface area contributed by atoms with Crippen LogP contribution in [0.5, 0.6) is 0 Å². The van der Waals surface area contributed by atoms with E-state index in [-0.39, 0.29) is 6.04 Å². The van der Waals surface area contributed by atoms with Gasteiger partial charge < -0.3 is 5.32 Å². The number of nitrogens with one attached hydrogen (secondary N) is 1. The molecule has 0 aliphatic carbocycles. The Morgan fingerprint density at radius 3 is 2.75 bits per heavy atom. The number of hydrogen-bond donors (Lipinski definition) is 1. The van der Waals surface area contributed by atoms with E-state index in [1.165, 1.54) is 21.5 Å². The van der Waals surface area contributed by atoms with Crippen molar-refractivity contribution in [3.63, 3.8) is 0 Å². The lowest BCUT2D eigenvalue weighted by Crippen LogP contribution is -2.25. The molecule has 0 aliphatic heterocycles. The summed E-state index contributed by atoms with van der Waals surface area (Å²) >= 11 is 0. The van der Waals surface area contributed by atoms with Gasteiger partial charge in [-0.25, -0.2) is 0 Å². The highest BCUT2D eigenvalue weighted by Crippen LogP contribution is 2.22. The summed E-state index contributed by atoms with van der Waals surface area (Å²) in [6, 6.07) is 6.81. The molecule has 2 aromatic rings. The molecule has 1 atom stereocenters. The average molecular weight is 273 g/mol. The summed E-state index contributed by atoms with van der Waals surface area (Å²) in [5, 5.41) is 15.9. The molecule has 1 N–H and O–H groups in total. The maximum Gasteiger partial charge on any atom is 0.176 e. The SMILES string of the molecule is CCCNC(Cc1nnn(C)n1)c1cc(C)ccc1C. The maximum absolute atomic E-state index is 4.29. The fraction of sp³-hybridized carbons (Fsp3) is 0.533. The van der Waals surface area contributed by atoms with E-state index in [1.807, 2.05) is 0 Å². The van der Waals surface area contributed by atoms with Crippen LogP contribution in [0.2, 0.25) is 0 Å². The molecular formula is C15H23N5. The Hall–Kier alpha value is -1.75. The average Bonchev–Trinajstić information content (AvgIpc) is 2.83. The molecule has 108 valence electrons. The molecule has 5 heteroatoms. The van der Waals surface area contributed by atoms with Gasteiger partial charge in [-0.3, -0.25) is 0 Å². The Morgan fingerprint density at radius 1 is 1.30 bits per heavy atom. The largest absolute Gasteiger partial charge is 0.310 e. The smallest absolute Gasteiger partial charge is 0.176 e. The highest BCUT2D eigenvalue weighted by atomic mass is 15.6. The van der Waals surface area contributed by atoms with Crippen LogP contribution in [0.1, 0.15) is 41.9 Å². The topological polar surface area (TPSA) is 55.6 Å². The quantitative estimate of drug-likeness (QED) is 0.876. The number of rotatable bonds is 6. The van der Waals surface area contributed by atoms with Crippen molar-refractivity contribution in [1.29, 1.82) is 0 Å². The summed E-state index contributed by atoms with van der Waals surface area (Å²) in [6.07, 6.45) is 1.87. The molecule has 0 saturated heterocycles. The normalized spacial score (nSPS) is 12.6. The Kier molecular flexibility index (Phi) is 4.84. The molecule has 1 aromatic carbocycles. The van der Waals surface area contributed by atoms with E-state index in [0.717, 1.165) is 25.2 Å². The summed E-state index contributed by atoms with van der Waals surface area (Å²) in [4.78, 5) is 1.51. The first-order valence-corrected chi connectivity index (χ1v) is 7.13. The van der Waals surface area contributed by atoms with Gasteiger partial charge in [-0.05, 0) is 43.2 Å². The van der Waals surface area contributed by atoms with Crippen molar-refractivity contribution in [2.45, 2.75) is 39.7 Å². The van der Waals surface area contributed by atoms with Gasteiger partial charge in [-0.15, -0.1) is 10.2 Å². The molecular weight excluding hydrogens is 250 g/mol. The summed E-state index contributed by atoms with van der Waals surface area (Å²) in [7, 11) is 1.79. The van der Waals surface area contributed by atoms with Gasteiger partial charge in [0.05, 0.1) is 7.05 Å². The predicted octanol–water partition coefficient (Wildman–Crippen LogP) is 2.11. The summed E-state index contributed by atoms with van der Waals surface area (Å²) < 4.78 is 0. The van der Waals surface area contributed by atoms with Crippen LogP contribution in [0.4, 0.5) is 0 Å². The maximum atomic E-state index is 4.29. The van der Waals surface area contributed by atoms with Gasteiger partial charge in [0.2, 0.25) is 0 Å². The van der Waals surface area contributed by atoms with Crippen molar-refractivity contribution in [1.82, 2.24) is 25.5 Å². The molecule has 0 aliphatic rings. The van der Waals surface area contributed by atoms with E-state index in [4.69, 9.17) is 0 Å². The van der Waals surface area contributed by atoms with Crippen molar-refractivity contribution in [3.05, 3.63) is 40.7 Å². The highest BCUT2D eigenvalue weighted by molar-refractivity contribution is 5.33. The lowest BCUT2D eigenvalue weighted by atomic mass is 9.96. The van der Waals surface area contributed by atoms with E-state index in [1.54, 1.807) is 7.05 Å². The lowest BCUT2D eigenvalue weighted by molar-refractivity contribution is 0.514. The molecule has 0 amide bonds. The molecule has 0 spiro atoms. The molecule has 20 heavy (non-hydrogen) atoms. The lowest BCUT2D eigenvalue weighted by Gasteiger charge is -2.20. The van der Waals surface area contributed by atoms with Gasteiger partial charge in [-0.2, -0.15) is 4.80 Å². The highest BCUT2D eigenvalue weighted by Gasteiger charge is 2.16. The fourth-order valence-corrected chi connectivity index (χ4v) is 2.33. The van der Waals surface area contributed by atoms with Gasteiger partial charge in [-0.1, -0.05) is 30.7 Å². The molecule has 1 aromatic heterocycles. The fourth-order valence-electron chi connectivity index (χ4n) is 2.33. The van der Waals surface area contributed by atoms with Crippen molar-refractivity contribution in [2.24, 2.45) is 7.05 Å². The van der Waals surface area contributed by atoms with Gasteiger partial charge in [0.25, 0.3) is 0 Å². The summed E-state index contributed by atoms with van der Waals surface area (Å²) in [5.74, 6) is 0.780. The first kappa shape index (κ1) is 14.7. The second-order valence-electron chi connectivity index (χ2n) is 5.27. The molecule has 5 nitrogen and oxygen atoms in total. The third-order valence-electron chi connectivity index (χ3n) is 3.39. The minimum absolute atomic E-state index is 0.235. The van der Waals surface area contributed by atoms with Crippen LogP contribution in [0.15, 0.2) is 18.2 Å². The van der Waals surface area contributed by atoms with Gasteiger partial charge in [0.15, 0.2) is 5.82 Å². The standard InChI is InChI=1S/C15H23N5/c1-5-8-16-14(10-15-17-19-20(4)18-15)13-9-11(2)6-7-12(13)3/h6-7,9,14,16H,5,8,10H2,1-4H3. The van der Waals surface area contributed by atoms with E-state index in [9.17, 15) is 0 Å². The van der Waals surface area contributed by atoms with E-state index in [0.29, 0.717) is 0 Å². The van der Waals surface area contributed by atoms with Gasteiger partial charge in [0, 0.05) is 12.5 Å². The number of nitrogens with zero attached hydrogens (tertiary/aromatic N) is 4. The zero-order chi connectivity index (χ0) is 14.5. The molecule has 0 fully saturated rings. The Labute approximate surface area is 120 Å². The number of aryl methyl sites for hydroxylation is 3. The monoisotopic (exact) mass is 273 g/mol. The first-order valence-electron chi connectivity index (χ1n) is 7.13. The van der Waals surface area contributed by atoms with Crippen LogP contribution in [-0.4, -0.2) is 26.8 Å². The number of hydrogen-bond acceptors (Lipinski definition) is 4. The number of benzene rings is 1. The minimum atomic E-state index is 0.235. The van der Waals surface area contributed by atoms with Crippen LogP contribution < -0.4 is 5.32 Å². The molecule has 0 radical (unpaired) electrons. The van der Waals surface area contributed by atoms with E-state index >= 15 is 0 Å². The summed E-state index contributed by atoms with van der Waals surface area (Å²) in [5.41, 5.74) is 3.90. The van der Waals surface area contributed by atoms with Crippen LogP contribution in [0.3, 0.4) is 0 Å². The Bertz CT molecular complexity index is 561. The second kappa shape index (κ2) is 6.61. The van der Waals surface area contributed by atoms with Gasteiger partial charge >= 0.3 is 0 Å². The van der Waals surface area contributed by atoms with E-state index < -0.39 is 0 Å². The molecule has 0 bridgehead atoms. The van der Waals surface area contributed by atoms with Gasteiger partial charge in [0.1, 0.15) is 0 Å². The summed E-state index contributed by atoms with van der Waals surface area (Å²) in [6.45, 7) is 7.44. The second-order valence-corrected chi connectivity index (χ2v) is 5.27. The Balaban J connectivity index is 2.24. The molecule has 1 unspecified atom stereocenters.